The summed E-state index contributed by atoms with van der Waals surface area (Å²) < 4.78 is 27.9. The fourth-order valence-corrected chi connectivity index (χ4v) is 4.09. The third kappa shape index (κ3) is 3.94. The average molecular weight is 402 g/mol. The number of carbonyl (C=O) groups is 2. The molecule has 0 saturated heterocycles. The van der Waals surface area contributed by atoms with Crippen molar-refractivity contribution in [1.29, 1.82) is 0 Å². The summed E-state index contributed by atoms with van der Waals surface area (Å²) in [6.07, 6.45) is 0.723. The van der Waals surface area contributed by atoms with Gasteiger partial charge in [-0.1, -0.05) is 6.07 Å². The zero-order chi connectivity index (χ0) is 20.3. The highest BCUT2D eigenvalue weighted by Crippen LogP contribution is 2.31. The van der Waals surface area contributed by atoms with Gasteiger partial charge in [-0.25, -0.2) is 13.2 Å². The molecule has 9 heteroatoms. The second kappa shape index (κ2) is 7.89. The maximum absolute atomic E-state index is 12.7. The molecule has 0 fully saturated rings. The number of carbonyl (C=O) groups excluding carboxylic acids is 2. The highest BCUT2D eigenvalue weighted by molar-refractivity contribution is 7.92. The summed E-state index contributed by atoms with van der Waals surface area (Å²) in [6, 6.07) is 10.6. The fourth-order valence-electron chi connectivity index (χ4n) is 3.04. The van der Waals surface area contributed by atoms with Crippen LogP contribution >= 0.6 is 0 Å². The van der Waals surface area contributed by atoms with Gasteiger partial charge in [0.15, 0.2) is 0 Å². The zero-order valence-electron chi connectivity index (χ0n) is 15.7. The fraction of sp³-hybridized carbons (Fsp3) is 0.263. The summed E-state index contributed by atoms with van der Waals surface area (Å²) in [7, 11) is -2.32. The Kier molecular flexibility index (Phi) is 5.55. The summed E-state index contributed by atoms with van der Waals surface area (Å²) in [5.41, 5.74) is 2.42. The van der Waals surface area contributed by atoms with E-state index in [0.29, 0.717) is 30.0 Å². The number of fused-ring (bicyclic) bond motifs is 1. The molecule has 3 rings (SSSR count). The smallest absolute Gasteiger partial charge is 0.321 e. The molecule has 0 radical (unpaired) electrons. The predicted molar refractivity (Wildman–Crippen MR) is 107 cm³/mol. The third-order valence-corrected chi connectivity index (χ3v) is 5.86. The third-order valence-electron chi connectivity index (χ3n) is 4.46. The van der Waals surface area contributed by atoms with E-state index in [4.69, 9.17) is 0 Å². The molecule has 2 aromatic rings. The number of sulfonamides is 1. The summed E-state index contributed by atoms with van der Waals surface area (Å²) in [6.45, 7) is 2.91. The topological polar surface area (TPSA) is 108 Å². The Hall–Kier alpha value is -3.07. The Labute approximate surface area is 164 Å². The van der Waals surface area contributed by atoms with Gasteiger partial charge in [0.25, 0.3) is 15.9 Å². The molecule has 0 bridgehead atoms. The number of amides is 3. The number of rotatable bonds is 5. The Morgan fingerprint density at radius 3 is 2.46 bits per heavy atom. The second-order valence-electron chi connectivity index (χ2n) is 6.29. The molecule has 0 saturated carbocycles. The van der Waals surface area contributed by atoms with Crippen LogP contribution in [-0.2, 0) is 16.4 Å². The molecule has 3 N–H and O–H groups in total. The molecule has 3 amide bonds. The van der Waals surface area contributed by atoms with Crippen LogP contribution in [0.25, 0.3) is 0 Å². The van der Waals surface area contributed by atoms with Gasteiger partial charge in [-0.15, -0.1) is 0 Å². The summed E-state index contributed by atoms with van der Waals surface area (Å²) in [5, 5.41) is 5.24. The van der Waals surface area contributed by atoms with E-state index >= 15 is 0 Å². The van der Waals surface area contributed by atoms with Crippen molar-refractivity contribution in [3.63, 3.8) is 0 Å². The molecule has 0 unspecified atom stereocenters. The number of urea groups is 1. The molecule has 1 aliphatic heterocycles. The van der Waals surface area contributed by atoms with Crippen molar-refractivity contribution in [1.82, 2.24) is 10.6 Å². The standard InChI is InChI=1S/C19H22N4O4S/c1-3-21-19(25)23-11-10-13-4-7-15(12-17(13)23)22-28(26,27)16-8-5-14(6-9-16)18(24)20-2/h4-9,12,22H,3,10-11H2,1-2H3,(H,20,24)(H,21,25). The van der Waals surface area contributed by atoms with E-state index in [9.17, 15) is 18.0 Å². The van der Waals surface area contributed by atoms with Gasteiger partial charge in [0, 0.05) is 25.7 Å². The maximum atomic E-state index is 12.7. The van der Waals surface area contributed by atoms with Crippen LogP contribution in [0, 0.1) is 0 Å². The first-order valence-corrected chi connectivity index (χ1v) is 10.4. The molecular formula is C19H22N4O4S. The van der Waals surface area contributed by atoms with Crippen LogP contribution in [0.3, 0.4) is 0 Å². The van der Waals surface area contributed by atoms with Gasteiger partial charge in [0.2, 0.25) is 0 Å². The van der Waals surface area contributed by atoms with Crippen LogP contribution in [0.15, 0.2) is 47.4 Å². The zero-order valence-corrected chi connectivity index (χ0v) is 16.5. The quantitative estimate of drug-likeness (QED) is 0.710. The van der Waals surface area contributed by atoms with E-state index in [0.717, 1.165) is 12.0 Å². The highest BCUT2D eigenvalue weighted by atomic mass is 32.2. The predicted octanol–water partition coefficient (Wildman–Crippen LogP) is 1.94. The number of hydrogen-bond acceptors (Lipinski definition) is 4. The number of nitrogens with one attached hydrogen (secondary N) is 3. The van der Waals surface area contributed by atoms with Gasteiger partial charge in [-0.3, -0.25) is 14.4 Å². The van der Waals surface area contributed by atoms with E-state index in [-0.39, 0.29) is 16.8 Å². The number of benzene rings is 2. The lowest BCUT2D eigenvalue weighted by Crippen LogP contribution is -2.38. The lowest BCUT2D eigenvalue weighted by atomic mass is 10.1. The normalized spacial score (nSPS) is 13.0. The van der Waals surface area contributed by atoms with Gasteiger partial charge in [0.1, 0.15) is 0 Å². The molecule has 0 aliphatic carbocycles. The van der Waals surface area contributed by atoms with Gasteiger partial charge >= 0.3 is 6.03 Å². The monoisotopic (exact) mass is 402 g/mol. The van der Waals surface area contributed by atoms with Gasteiger partial charge in [0.05, 0.1) is 16.3 Å². The number of nitrogens with zero attached hydrogens (tertiary/aromatic N) is 1. The molecule has 148 valence electrons. The minimum Gasteiger partial charge on any atom is -0.355 e. The summed E-state index contributed by atoms with van der Waals surface area (Å²) >= 11 is 0. The van der Waals surface area contributed by atoms with Crippen molar-refractivity contribution in [2.45, 2.75) is 18.2 Å². The SMILES string of the molecule is CCNC(=O)N1CCc2ccc(NS(=O)(=O)c3ccc(C(=O)NC)cc3)cc21. The molecule has 0 aromatic heterocycles. The molecular weight excluding hydrogens is 380 g/mol. The van der Waals surface area contributed by atoms with Crippen LogP contribution in [0.4, 0.5) is 16.2 Å². The Morgan fingerprint density at radius 1 is 1.11 bits per heavy atom. The highest BCUT2D eigenvalue weighted by Gasteiger charge is 2.25. The first kappa shape index (κ1) is 19.7. The maximum Gasteiger partial charge on any atom is 0.321 e. The van der Waals surface area contributed by atoms with E-state index < -0.39 is 10.0 Å². The lowest BCUT2D eigenvalue weighted by Gasteiger charge is -2.18. The number of hydrogen-bond donors (Lipinski definition) is 3. The van der Waals surface area contributed by atoms with Crippen LogP contribution in [0.2, 0.25) is 0 Å². The van der Waals surface area contributed by atoms with E-state index in [1.807, 2.05) is 13.0 Å². The Morgan fingerprint density at radius 2 is 1.82 bits per heavy atom. The molecule has 1 heterocycles. The first-order valence-electron chi connectivity index (χ1n) is 8.89. The molecule has 1 aliphatic rings. The minimum atomic E-state index is -3.83. The molecule has 0 atom stereocenters. The van der Waals surface area contributed by atoms with Gasteiger partial charge < -0.3 is 10.6 Å². The Bertz CT molecular complexity index is 1000. The minimum absolute atomic E-state index is 0.0428. The molecule has 8 nitrogen and oxygen atoms in total. The summed E-state index contributed by atoms with van der Waals surface area (Å²) in [4.78, 5) is 25.4. The summed E-state index contributed by atoms with van der Waals surface area (Å²) in [5.74, 6) is -0.291. The lowest BCUT2D eigenvalue weighted by molar-refractivity contribution is 0.0963. The van der Waals surface area contributed by atoms with Gasteiger partial charge in [-0.05, 0) is 55.3 Å². The van der Waals surface area contributed by atoms with Crippen LogP contribution in [0.5, 0.6) is 0 Å². The van der Waals surface area contributed by atoms with Crippen LogP contribution in [-0.4, -0.2) is 40.5 Å². The van der Waals surface area contributed by atoms with E-state index in [1.165, 1.54) is 31.3 Å². The largest absolute Gasteiger partial charge is 0.355 e. The van der Waals surface area contributed by atoms with Crippen molar-refractivity contribution in [3.8, 4) is 0 Å². The molecule has 28 heavy (non-hydrogen) atoms. The van der Waals surface area contributed by atoms with Crippen molar-refractivity contribution in [2.75, 3.05) is 29.8 Å². The van der Waals surface area contributed by atoms with Crippen LogP contribution in [0.1, 0.15) is 22.8 Å². The second-order valence-corrected chi connectivity index (χ2v) is 7.97. The molecule has 0 spiro atoms. The number of anilines is 2. The van der Waals surface area contributed by atoms with Crippen LogP contribution < -0.4 is 20.3 Å². The molecule has 2 aromatic carbocycles. The van der Waals surface area contributed by atoms with Gasteiger partial charge in [-0.2, -0.15) is 0 Å². The first-order chi connectivity index (χ1) is 13.4. The van der Waals surface area contributed by atoms with E-state index in [1.54, 1.807) is 17.0 Å². The van der Waals surface area contributed by atoms with Crippen molar-refractivity contribution in [3.05, 3.63) is 53.6 Å². The van der Waals surface area contributed by atoms with Crippen molar-refractivity contribution < 1.29 is 18.0 Å². The van der Waals surface area contributed by atoms with E-state index in [2.05, 4.69) is 15.4 Å². The van der Waals surface area contributed by atoms with Crippen molar-refractivity contribution in [2.24, 2.45) is 0 Å². The Balaban J connectivity index is 1.82. The average Bonchev–Trinajstić information content (AvgIpc) is 3.10. The van der Waals surface area contributed by atoms with Crippen molar-refractivity contribution >= 4 is 33.3 Å².